The van der Waals surface area contributed by atoms with E-state index in [1.165, 1.54) is 61.9 Å². The molecule has 2 aliphatic rings. The molecule has 4 nitrogen and oxygen atoms in total. The van der Waals surface area contributed by atoms with Gasteiger partial charge in [0, 0.05) is 31.4 Å². The van der Waals surface area contributed by atoms with Crippen molar-refractivity contribution in [3.8, 4) is 0 Å². The lowest BCUT2D eigenvalue weighted by Crippen LogP contribution is -2.40. The van der Waals surface area contributed by atoms with Gasteiger partial charge in [-0.1, -0.05) is 33.1 Å². The number of aryl methyl sites for hydroxylation is 2. The molecule has 3 rings (SSSR count). The minimum atomic E-state index is 0.490. The van der Waals surface area contributed by atoms with Crippen molar-refractivity contribution in [1.82, 2.24) is 9.88 Å². The molecule has 0 N–H and O–H groups in total. The number of amides is 1. The van der Waals surface area contributed by atoms with Crippen LogP contribution in [0.1, 0.15) is 82.0 Å². The molecule has 2 heterocycles. The number of piperidine rings is 1. The quantitative estimate of drug-likeness (QED) is 0.611. The maximum atomic E-state index is 11.6. The summed E-state index contributed by atoms with van der Waals surface area (Å²) in [7, 11) is 0. The van der Waals surface area contributed by atoms with E-state index in [0.29, 0.717) is 12.0 Å². The number of pyridine rings is 1. The van der Waals surface area contributed by atoms with Crippen LogP contribution in [0, 0.1) is 26.7 Å². The number of carbonyl (C=O) groups excluding carboxylic acids is 1. The normalized spacial score (nSPS) is 20.3. The molecule has 1 aliphatic carbocycles. The lowest BCUT2D eigenvalue weighted by molar-refractivity contribution is -0.121. The fourth-order valence-electron chi connectivity index (χ4n) is 4.75. The molecule has 1 unspecified atom stereocenters. The van der Waals surface area contributed by atoms with E-state index in [4.69, 9.17) is 4.98 Å². The fourth-order valence-corrected chi connectivity index (χ4v) is 4.75. The molecule has 0 bridgehead atoms. The Hall–Kier alpha value is -1.58. The molecule has 1 atom stereocenters. The molecule has 2 fully saturated rings. The molecular weight excluding hydrogens is 346 g/mol. The summed E-state index contributed by atoms with van der Waals surface area (Å²) in [4.78, 5) is 21.0. The predicted octanol–water partition coefficient (Wildman–Crippen LogP) is 5.43. The highest BCUT2D eigenvalue weighted by atomic mass is 16.1. The van der Waals surface area contributed by atoms with Crippen molar-refractivity contribution in [3.05, 3.63) is 22.9 Å². The number of hydrogen-bond acceptors (Lipinski definition) is 3. The van der Waals surface area contributed by atoms with Crippen LogP contribution < -0.4 is 4.90 Å². The van der Waals surface area contributed by atoms with Gasteiger partial charge < -0.3 is 9.80 Å². The highest BCUT2D eigenvalue weighted by Crippen LogP contribution is 2.29. The number of rotatable bonds is 6. The summed E-state index contributed by atoms with van der Waals surface area (Å²) < 4.78 is 0. The van der Waals surface area contributed by atoms with E-state index in [1.807, 2.05) is 13.8 Å². The van der Waals surface area contributed by atoms with Gasteiger partial charge in [0.2, 0.25) is 6.41 Å². The highest BCUT2D eigenvalue weighted by molar-refractivity contribution is 5.51. The molecule has 1 saturated carbocycles. The van der Waals surface area contributed by atoms with E-state index in [0.717, 1.165) is 38.2 Å². The first-order valence-corrected chi connectivity index (χ1v) is 11.5. The van der Waals surface area contributed by atoms with E-state index in [2.05, 4.69) is 36.6 Å². The van der Waals surface area contributed by atoms with Crippen LogP contribution in [0.4, 0.5) is 5.82 Å². The fraction of sp³-hybridized carbons (Fsp3) is 0.750. The summed E-state index contributed by atoms with van der Waals surface area (Å²) in [5, 5.41) is 0. The Morgan fingerprint density at radius 1 is 1.11 bits per heavy atom. The highest BCUT2D eigenvalue weighted by Gasteiger charge is 2.25. The van der Waals surface area contributed by atoms with Crippen LogP contribution in [-0.2, 0) is 4.79 Å². The molecular formula is C24H41N3O. The first-order chi connectivity index (χ1) is 13.6. The Kier molecular flexibility index (Phi) is 9.27. The van der Waals surface area contributed by atoms with E-state index in [1.54, 1.807) is 0 Å². The third kappa shape index (κ3) is 5.96. The van der Waals surface area contributed by atoms with Crippen molar-refractivity contribution in [2.75, 3.05) is 24.5 Å². The first-order valence-electron chi connectivity index (χ1n) is 11.5. The van der Waals surface area contributed by atoms with Gasteiger partial charge >= 0.3 is 0 Å². The zero-order valence-electron chi connectivity index (χ0n) is 18.8. The minimum absolute atomic E-state index is 0.490. The Labute approximate surface area is 172 Å². The predicted molar refractivity (Wildman–Crippen MR) is 119 cm³/mol. The lowest BCUT2D eigenvalue weighted by atomic mass is 9.92. The number of carbonyl (C=O) groups is 1. The van der Waals surface area contributed by atoms with Crippen LogP contribution in [0.2, 0.25) is 0 Å². The van der Waals surface area contributed by atoms with Crippen molar-refractivity contribution in [1.29, 1.82) is 0 Å². The van der Waals surface area contributed by atoms with Crippen molar-refractivity contribution in [2.45, 2.75) is 92.0 Å². The standard InChI is InChI=1S/C22H35N3O.C2H6/c1-17-14-18(2)23-22(19(17)3)24-12-7-8-20(15-24)11-13-25(16-26)21-9-5-4-6-10-21;1-2/h14,16,20-21H,4-13,15H2,1-3H3;1-2H3. The summed E-state index contributed by atoms with van der Waals surface area (Å²) in [5.74, 6) is 1.84. The zero-order valence-corrected chi connectivity index (χ0v) is 18.8. The lowest BCUT2D eigenvalue weighted by Gasteiger charge is -2.37. The van der Waals surface area contributed by atoms with Gasteiger partial charge in [0.25, 0.3) is 0 Å². The number of anilines is 1. The second-order valence-corrected chi connectivity index (χ2v) is 8.41. The molecule has 1 amide bonds. The Balaban J connectivity index is 0.00000136. The smallest absolute Gasteiger partial charge is 0.209 e. The van der Waals surface area contributed by atoms with Gasteiger partial charge in [-0.15, -0.1) is 0 Å². The number of aromatic nitrogens is 1. The molecule has 0 radical (unpaired) electrons. The van der Waals surface area contributed by atoms with Gasteiger partial charge in [-0.3, -0.25) is 4.79 Å². The van der Waals surface area contributed by atoms with Gasteiger partial charge in [-0.05, 0) is 76.0 Å². The topological polar surface area (TPSA) is 36.4 Å². The molecule has 1 aromatic heterocycles. The zero-order chi connectivity index (χ0) is 20.5. The van der Waals surface area contributed by atoms with Crippen molar-refractivity contribution < 1.29 is 4.79 Å². The van der Waals surface area contributed by atoms with Crippen LogP contribution in [0.5, 0.6) is 0 Å². The third-order valence-corrected chi connectivity index (χ3v) is 6.43. The Morgan fingerprint density at radius 2 is 1.82 bits per heavy atom. The largest absolute Gasteiger partial charge is 0.356 e. The average molecular weight is 388 g/mol. The van der Waals surface area contributed by atoms with Gasteiger partial charge in [0.1, 0.15) is 5.82 Å². The summed E-state index contributed by atoms with van der Waals surface area (Å²) in [5.41, 5.74) is 3.75. The van der Waals surface area contributed by atoms with Gasteiger partial charge in [-0.2, -0.15) is 0 Å². The van der Waals surface area contributed by atoms with Crippen molar-refractivity contribution >= 4 is 12.2 Å². The van der Waals surface area contributed by atoms with Crippen LogP contribution in [0.3, 0.4) is 0 Å². The molecule has 0 spiro atoms. The average Bonchev–Trinajstić information content (AvgIpc) is 2.73. The van der Waals surface area contributed by atoms with Crippen LogP contribution in [-0.4, -0.2) is 42.0 Å². The van der Waals surface area contributed by atoms with Gasteiger partial charge in [-0.25, -0.2) is 4.98 Å². The maximum Gasteiger partial charge on any atom is 0.209 e. The molecule has 4 heteroatoms. The van der Waals surface area contributed by atoms with Gasteiger partial charge in [0.05, 0.1) is 0 Å². The summed E-state index contributed by atoms with van der Waals surface area (Å²) in [6.07, 6.45) is 11.0. The third-order valence-electron chi connectivity index (χ3n) is 6.43. The molecule has 0 aromatic carbocycles. The van der Waals surface area contributed by atoms with Crippen LogP contribution >= 0.6 is 0 Å². The van der Waals surface area contributed by atoms with Crippen molar-refractivity contribution in [2.24, 2.45) is 5.92 Å². The summed E-state index contributed by atoms with van der Waals surface area (Å²) >= 11 is 0. The summed E-state index contributed by atoms with van der Waals surface area (Å²) in [6, 6.07) is 2.66. The molecule has 28 heavy (non-hydrogen) atoms. The second kappa shape index (κ2) is 11.4. The van der Waals surface area contributed by atoms with Gasteiger partial charge in [0.15, 0.2) is 0 Å². The monoisotopic (exact) mass is 387 g/mol. The van der Waals surface area contributed by atoms with E-state index in [9.17, 15) is 4.79 Å². The first kappa shape index (κ1) is 22.7. The van der Waals surface area contributed by atoms with E-state index >= 15 is 0 Å². The van der Waals surface area contributed by atoms with E-state index < -0.39 is 0 Å². The minimum Gasteiger partial charge on any atom is -0.356 e. The maximum absolute atomic E-state index is 11.6. The molecule has 158 valence electrons. The molecule has 1 aliphatic heterocycles. The molecule has 1 saturated heterocycles. The number of hydrogen-bond donors (Lipinski definition) is 0. The SMILES string of the molecule is CC.Cc1cc(C)c(C)c(N2CCCC(CCN(C=O)C3CCCCC3)C2)n1. The van der Waals surface area contributed by atoms with Crippen LogP contribution in [0.25, 0.3) is 0 Å². The van der Waals surface area contributed by atoms with E-state index in [-0.39, 0.29) is 0 Å². The Morgan fingerprint density at radius 3 is 2.50 bits per heavy atom. The number of nitrogens with zero attached hydrogens (tertiary/aromatic N) is 3. The Bertz CT molecular complexity index is 610. The second-order valence-electron chi connectivity index (χ2n) is 8.41. The molecule has 1 aromatic rings. The van der Waals surface area contributed by atoms with Crippen LogP contribution in [0.15, 0.2) is 6.07 Å². The van der Waals surface area contributed by atoms with Crippen molar-refractivity contribution in [3.63, 3.8) is 0 Å². The summed E-state index contributed by atoms with van der Waals surface area (Å²) in [6.45, 7) is 13.6.